The lowest BCUT2D eigenvalue weighted by molar-refractivity contribution is 1.05. The molecule has 12 rings (SSSR count). The van der Waals surface area contributed by atoms with Gasteiger partial charge in [0.1, 0.15) is 0 Å². The molecule has 1 aliphatic heterocycles. The molecule has 0 radical (unpaired) electrons. The van der Waals surface area contributed by atoms with Crippen LogP contribution in [0.1, 0.15) is 17.2 Å². The normalized spacial score (nSPS) is 14.0. The summed E-state index contributed by atoms with van der Waals surface area (Å²) in [7, 11) is 0. The summed E-state index contributed by atoms with van der Waals surface area (Å²) in [5.74, 6) is 0. The van der Waals surface area contributed by atoms with Crippen LogP contribution in [0.25, 0.3) is 110 Å². The van der Waals surface area contributed by atoms with Crippen LogP contribution < -0.4 is 0 Å². The summed E-state index contributed by atoms with van der Waals surface area (Å²) in [4.78, 5) is 14.8. The highest BCUT2D eigenvalue weighted by atomic mass is 14.9. The van der Waals surface area contributed by atoms with Gasteiger partial charge < -0.3 is 5.32 Å². The van der Waals surface area contributed by atoms with E-state index in [2.05, 4.69) is 175 Å². The van der Waals surface area contributed by atoms with E-state index in [4.69, 9.17) is 15.3 Å². The van der Waals surface area contributed by atoms with Crippen molar-refractivity contribution < 1.29 is 0 Å². The molecule has 8 aromatic carbocycles. The van der Waals surface area contributed by atoms with Crippen molar-refractivity contribution in [2.45, 2.75) is 6.04 Å². The van der Waals surface area contributed by atoms with E-state index < -0.39 is 0 Å². The number of aromatic nitrogens is 3. The van der Waals surface area contributed by atoms with Gasteiger partial charge in [-0.25, -0.2) is 9.97 Å². The predicted molar refractivity (Wildman–Crippen MR) is 234 cm³/mol. The molecule has 1 unspecified atom stereocenters. The van der Waals surface area contributed by atoms with Crippen molar-refractivity contribution >= 4 is 76.8 Å². The Morgan fingerprint density at radius 3 is 1.89 bits per heavy atom. The molecule has 0 fully saturated rings. The van der Waals surface area contributed by atoms with Crippen LogP contribution in [0.4, 0.5) is 5.69 Å². The second kappa shape index (κ2) is 12.0. The van der Waals surface area contributed by atoms with Crippen molar-refractivity contribution in [2.75, 3.05) is 0 Å². The van der Waals surface area contributed by atoms with Crippen LogP contribution in [-0.2, 0) is 0 Å². The topological polar surface area (TPSA) is 52.8 Å². The number of nitrogens with zero attached hydrogens (tertiary/aromatic N) is 4. The van der Waals surface area contributed by atoms with E-state index in [1.165, 1.54) is 37.9 Å². The Morgan fingerprint density at radius 2 is 1.05 bits per heavy atom. The fraction of sp³-hybridized carbons (Fsp3) is 0.0192. The Labute approximate surface area is 322 Å². The second-order valence-corrected chi connectivity index (χ2v) is 14.8. The molecular weight excluding hydrogens is 681 g/mol. The Bertz CT molecular complexity index is 3380. The van der Waals surface area contributed by atoms with E-state index >= 15 is 0 Å². The van der Waals surface area contributed by atoms with Gasteiger partial charge in [-0.1, -0.05) is 157 Å². The quantitative estimate of drug-likeness (QED) is 0.171. The molecular formula is C52H31N4-. The first kappa shape index (κ1) is 31.0. The SMILES string of the molecule is C1=CC(c2ccc3ccc4cccc5ccc2c3c45)[N-]c2ccc(-c3ccc4ccc(-c5ccc(-c6ccc7ccc8cccnc8c7n6)cc5)nc4c3)cc21. The van der Waals surface area contributed by atoms with Crippen molar-refractivity contribution in [3.63, 3.8) is 0 Å². The third-order valence-electron chi connectivity index (χ3n) is 11.6. The molecule has 1 atom stereocenters. The van der Waals surface area contributed by atoms with E-state index in [1.54, 1.807) is 0 Å². The van der Waals surface area contributed by atoms with Crippen LogP contribution in [0.15, 0.2) is 176 Å². The van der Waals surface area contributed by atoms with E-state index in [0.29, 0.717) is 0 Å². The standard InChI is InChI=1S/C52H31N4/c1-3-34-11-12-36-16-22-42(43-23-17-35(4-1)49(34)50(36)43)47-27-21-41-29-39(20-26-46(41)54-47)40-15-10-33-18-24-44(55-48(33)30-40)31-6-8-32(9-7-31)45-25-19-38-14-13-37-5-2-28-53-51(37)52(38)56-45/h1-30,47H/q-1. The summed E-state index contributed by atoms with van der Waals surface area (Å²) in [6, 6.07) is 58.4. The van der Waals surface area contributed by atoms with Gasteiger partial charge >= 0.3 is 0 Å². The lowest BCUT2D eigenvalue weighted by atomic mass is 9.88. The van der Waals surface area contributed by atoms with Crippen LogP contribution in [0.2, 0.25) is 0 Å². The maximum atomic E-state index is 5.27. The molecule has 0 saturated carbocycles. The zero-order valence-electron chi connectivity index (χ0n) is 30.2. The molecule has 0 amide bonds. The molecule has 4 heteroatoms. The molecule has 0 bridgehead atoms. The average Bonchev–Trinajstić information content (AvgIpc) is 3.27. The fourth-order valence-electron chi connectivity index (χ4n) is 8.72. The van der Waals surface area contributed by atoms with Gasteiger partial charge in [0.15, 0.2) is 0 Å². The highest BCUT2D eigenvalue weighted by molar-refractivity contribution is 6.23. The Balaban J connectivity index is 0.831. The molecule has 0 aliphatic carbocycles. The van der Waals surface area contributed by atoms with Crippen molar-refractivity contribution in [3.05, 3.63) is 193 Å². The third kappa shape index (κ3) is 4.89. The molecule has 1 aliphatic rings. The number of fused-ring (bicyclic) bond motifs is 5. The van der Waals surface area contributed by atoms with Crippen LogP contribution in [0.3, 0.4) is 0 Å². The van der Waals surface area contributed by atoms with Gasteiger partial charge in [-0.05, 0) is 79.3 Å². The van der Waals surface area contributed by atoms with Crippen LogP contribution >= 0.6 is 0 Å². The van der Waals surface area contributed by atoms with Gasteiger partial charge in [0.2, 0.25) is 0 Å². The molecule has 4 nitrogen and oxygen atoms in total. The first-order valence-electron chi connectivity index (χ1n) is 19.1. The predicted octanol–water partition coefficient (Wildman–Crippen LogP) is 14.0. The molecule has 0 N–H and O–H groups in total. The summed E-state index contributed by atoms with van der Waals surface area (Å²) in [6.45, 7) is 0. The van der Waals surface area contributed by atoms with Gasteiger partial charge in [0, 0.05) is 33.5 Å². The van der Waals surface area contributed by atoms with E-state index in [0.717, 1.165) is 77.6 Å². The lowest BCUT2D eigenvalue weighted by Crippen LogP contribution is -1.99. The summed E-state index contributed by atoms with van der Waals surface area (Å²) < 4.78 is 0. The minimum Gasteiger partial charge on any atom is -0.674 e. The minimum atomic E-state index is -0.0447. The van der Waals surface area contributed by atoms with E-state index in [1.807, 2.05) is 12.3 Å². The monoisotopic (exact) mass is 711 g/mol. The summed E-state index contributed by atoms with van der Waals surface area (Å²) >= 11 is 0. The molecule has 0 saturated heterocycles. The second-order valence-electron chi connectivity index (χ2n) is 14.8. The zero-order chi connectivity index (χ0) is 36.7. The largest absolute Gasteiger partial charge is 0.674 e. The van der Waals surface area contributed by atoms with E-state index in [9.17, 15) is 0 Å². The Morgan fingerprint density at radius 1 is 0.446 bits per heavy atom. The summed E-state index contributed by atoms with van der Waals surface area (Å²) in [6.07, 6.45) is 6.31. The van der Waals surface area contributed by atoms with E-state index in [-0.39, 0.29) is 6.04 Å². The van der Waals surface area contributed by atoms with Crippen molar-refractivity contribution in [2.24, 2.45) is 0 Å². The smallest absolute Gasteiger partial charge is 0.0972 e. The zero-order valence-corrected chi connectivity index (χ0v) is 30.2. The van der Waals surface area contributed by atoms with Crippen molar-refractivity contribution in [1.82, 2.24) is 15.0 Å². The van der Waals surface area contributed by atoms with Gasteiger partial charge in [-0.3, -0.25) is 4.98 Å². The number of hydrogen-bond donors (Lipinski definition) is 0. The number of benzene rings is 8. The molecule has 56 heavy (non-hydrogen) atoms. The maximum Gasteiger partial charge on any atom is 0.0972 e. The maximum absolute atomic E-state index is 5.27. The average molecular weight is 712 g/mol. The first-order valence-corrected chi connectivity index (χ1v) is 19.1. The molecule has 4 heterocycles. The molecule has 0 spiro atoms. The lowest BCUT2D eigenvalue weighted by Gasteiger charge is -2.37. The minimum absolute atomic E-state index is 0.0447. The van der Waals surface area contributed by atoms with Gasteiger partial charge in [-0.2, -0.15) is 0 Å². The Hall–Kier alpha value is -7.43. The van der Waals surface area contributed by atoms with Gasteiger partial charge in [0.25, 0.3) is 0 Å². The van der Waals surface area contributed by atoms with Crippen molar-refractivity contribution in [1.29, 1.82) is 0 Å². The Kier molecular flexibility index (Phi) is 6.66. The summed E-state index contributed by atoms with van der Waals surface area (Å²) in [5, 5.41) is 16.3. The molecule has 260 valence electrons. The van der Waals surface area contributed by atoms with Crippen LogP contribution in [0, 0.1) is 0 Å². The third-order valence-corrected chi connectivity index (χ3v) is 11.6. The van der Waals surface area contributed by atoms with Crippen molar-refractivity contribution in [3.8, 4) is 33.6 Å². The fourth-order valence-corrected chi connectivity index (χ4v) is 8.72. The van der Waals surface area contributed by atoms with Gasteiger partial charge in [0.05, 0.1) is 27.9 Å². The van der Waals surface area contributed by atoms with Gasteiger partial charge in [-0.15, -0.1) is 5.69 Å². The number of pyridine rings is 3. The summed E-state index contributed by atoms with van der Waals surface area (Å²) in [5.41, 5.74) is 12.5. The van der Waals surface area contributed by atoms with Crippen LogP contribution in [0.5, 0.6) is 0 Å². The molecule has 11 aromatic rings. The number of rotatable bonds is 4. The highest BCUT2D eigenvalue weighted by Crippen LogP contribution is 2.45. The first-order chi connectivity index (χ1) is 27.7. The molecule has 3 aromatic heterocycles. The number of hydrogen-bond acceptors (Lipinski definition) is 3. The van der Waals surface area contributed by atoms with Crippen LogP contribution in [-0.4, -0.2) is 15.0 Å². The highest BCUT2D eigenvalue weighted by Gasteiger charge is 2.15.